The van der Waals surface area contributed by atoms with E-state index in [0.29, 0.717) is 5.57 Å². The van der Waals surface area contributed by atoms with Crippen molar-refractivity contribution in [2.75, 3.05) is 0 Å². The number of urea groups is 1. The number of aliphatic imine (C=N–C) groups is 1. The van der Waals surface area contributed by atoms with Crippen molar-refractivity contribution in [3.8, 4) is 0 Å². The number of amides is 2. The standard InChI is InChI=1S/C9H14N2O2/c1-5-10-9(13)11-7(4)8(12)6(2)3/h5,7H,2H2,1,3-4H3,(H,11,13). The van der Waals surface area contributed by atoms with Crippen LogP contribution in [-0.2, 0) is 4.79 Å². The first-order valence-corrected chi connectivity index (χ1v) is 3.98. The number of nitrogens with one attached hydrogen (secondary N) is 1. The molecule has 0 aromatic heterocycles. The Morgan fingerprint density at radius 3 is 2.46 bits per heavy atom. The fourth-order valence-electron chi connectivity index (χ4n) is 0.775. The van der Waals surface area contributed by atoms with Gasteiger partial charge in [-0.05, 0) is 26.3 Å². The van der Waals surface area contributed by atoms with Gasteiger partial charge in [0.25, 0.3) is 0 Å². The molecule has 0 saturated heterocycles. The molecule has 0 rings (SSSR count). The molecule has 13 heavy (non-hydrogen) atoms. The third-order valence-electron chi connectivity index (χ3n) is 1.40. The lowest BCUT2D eigenvalue weighted by Gasteiger charge is -2.09. The lowest BCUT2D eigenvalue weighted by Crippen LogP contribution is -2.37. The molecule has 0 radical (unpaired) electrons. The molecule has 0 aliphatic rings. The maximum absolute atomic E-state index is 11.2. The van der Waals surface area contributed by atoms with Crippen LogP contribution in [0.3, 0.4) is 0 Å². The average Bonchev–Trinajstić information content (AvgIpc) is 2.03. The number of carbonyl (C=O) groups excluding carboxylic acids is 2. The number of hydrogen-bond acceptors (Lipinski definition) is 2. The van der Waals surface area contributed by atoms with E-state index in [1.807, 2.05) is 0 Å². The second kappa shape index (κ2) is 5.24. The van der Waals surface area contributed by atoms with Gasteiger partial charge < -0.3 is 5.32 Å². The molecule has 1 N–H and O–H groups in total. The van der Waals surface area contributed by atoms with Gasteiger partial charge in [-0.15, -0.1) is 0 Å². The number of Topliss-reactive ketones (excluding diaryl/α,β-unsaturated/α-hetero) is 1. The molecule has 1 unspecified atom stereocenters. The highest BCUT2D eigenvalue weighted by Crippen LogP contribution is 1.96. The lowest BCUT2D eigenvalue weighted by molar-refractivity contribution is -0.116. The Balaban J connectivity index is 4.15. The largest absolute Gasteiger partial charge is 0.341 e. The molecule has 1 atom stereocenters. The van der Waals surface area contributed by atoms with Crippen LogP contribution < -0.4 is 5.32 Å². The Bertz CT molecular complexity index is 256. The molecule has 0 heterocycles. The van der Waals surface area contributed by atoms with E-state index in [-0.39, 0.29) is 5.78 Å². The molecule has 0 spiro atoms. The maximum Gasteiger partial charge on any atom is 0.341 e. The fraction of sp³-hybridized carbons (Fsp3) is 0.444. The van der Waals surface area contributed by atoms with Crippen molar-refractivity contribution in [2.24, 2.45) is 4.99 Å². The molecule has 0 bridgehead atoms. The van der Waals surface area contributed by atoms with Crippen LogP contribution in [0.4, 0.5) is 4.79 Å². The Labute approximate surface area is 77.7 Å². The van der Waals surface area contributed by atoms with E-state index in [2.05, 4.69) is 16.9 Å². The van der Waals surface area contributed by atoms with Crippen molar-refractivity contribution in [1.29, 1.82) is 0 Å². The summed E-state index contributed by atoms with van der Waals surface area (Å²) in [6.45, 7) is 8.32. The predicted molar refractivity (Wildman–Crippen MR) is 52.0 cm³/mol. The zero-order valence-corrected chi connectivity index (χ0v) is 8.13. The molecule has 2 amide bonds. The van der Waals surface area contributed by atoms with Crippen LogP contribution in [0.15, 0.2) is 17.1 Å². The highest BCUT2D eigenvalue weighted by molar-refractivity contribution is 6.00. The Morgan fingerprint density at radius 1 is 1.54 bits per heavy atom. The van der Waals surface area contributed by atoms with Crippen LogP contribution in [-0.4, -0.2) is 24.1 Å². The first kappa shape index (κ1) is 11.6. The Kier molecular flexibility index (Phi) is 4.66. The summed E-state index contributed by atoms with van der Waals surface area (Å²) < 4.78 is 0. The topological polar surface area (TPSA) is 58.5 Å². The van der Waals surface area contributed by atoms with E-state index in [0.717, 1.165) is 0 Å². The molecule has 4 nitrogen and oxygen atoms in total. The number of ketones is 1. The molecular weight excluding hydrogens is 168 g/mol. The van der Waals surface area contributed by atoms with Gasteiger partial charge in [0.15, 0.2) is 5.78 Å². The average molecular weight is 182 g/mol. The summed E-state index contributed by atoms with van der Waals surface area (Å²) in [5.74, 6) is -0.181. The molecule has 0 aliphatic carbocycles. The van der Waals surface area contributed by atoms with Crippen LogP contribution >= 0.6 is 0 Å². The summed E-state index contributed by atoms with van der Waals surface area (Å²) in [5, 5.41) is 2.41. The molecule has 0 fully saturated rings. The van der Waals surface area contributed by atoms with Gasteiger partial charge in [-0.1, -0.05) is 6.58 Å². The highest BCUT2D eigenvalue weighted by atomic mass is 16.2. The highest BCUT2D eigenvalue weighted by Gasteiger charge is 2.14. The molecule has 0 aromatic rings. The third kappa shape index (κ3) is 4.20. The van der Waals surface area contributed by atoms with Crippen molar-refractivity contribution >= 4 is 18.0 Å². The van der Waals surface area contributed by atoms with Gasteiger partial charge in [0.05, 0.1) is 6.04 Å². The second-order valence-corrected chi connectivity index (χ2v) is 2.70. The predicted octanol–water partition coefficient (Wildman–Crippen LogP) is 1.32. The molecule has 72 valence electrons. The van der Waals surface area contributed by atoms with Gasteiger partial charge in [-0.2, -0.15) is 0 Å². The van der Waals surface area contributed by atoms with Gasteiger partial charge in [0.2, 0.25) is 0 Å². The van der Waals surface area contributed by atoms with E-state index < -0.39 is 12.1 Å². The Morgan fingerprint density at radius 2 is 2.08 bits per heavy atom. The minimum absolute atomic E-state index is 0.181. The van der Waals surface area contributed by atoms with Crippen molar-refractivity contribution in [1.82, 2.24) is 5.32 Å². The second-order valence-electron chi connectivity index (χ2n) is 2.70. The minimum Gasteiger partial charge on any atom is -0.326 e. The van der Waals surface area contributed by atoms with Crippen molar-refractivity contribution < 1.29 is 9.59 Å². The summed E-state index contributed by atoms with van der Waals surface area (Å²) in [6.07, 6.45) is 1.37. The third-order valence-corrected chi connectivity index (χ3v) is 1.40. The zero-order valence-electron chi connectivity index (χ0n) is 8.13. The summed E-state index contributed by atoms with van der Waals surface area (Å²) in [4.78, 5) is 25.6. The molecule has 0 aromatic carbocycles. The molecule has 4 heteroatoms. The SMILES string of the molecule is C=C(C)C(=O)C(C)NC(=O)N=CC. The van der Waals surface area contributed by atoms with Gasteiger partial charge in [-0.3, -0.25) is 4.79 Å². The summed E-state index contributed by atoms with van der Waals surface area (Å²) in [5.41, 5.74) is 0.424. The minimum atomic E-state index is -0.561. The maximum atomic E-state index is 11.2. The lowest BCUT2D eigenvalue weighted by atomic mass is 10.1. The van der Waals surface area contributed by atoms with E-state index in [4.69, 9.17) is 0 Å². The van der Waals surface area contributed by atoms with Crippen molar-refractivity contribution in [2.45, 2.75) is 26.8 Å². The number of hydrogen-bond donors (Lipinski definition) is 1. The van der Waals surface area contributed by atoms with E-state index in [9.17, 15) is 9.59 Å². The zero-order chi connectivity index (χ0) is 10.4. The van der Waals surface area contributed by atoms with Crippen LogP contribution in [0.1, 0.15) is 20.8 Å². The van der Waals surface area contributed by atoms with Gasteiger partial charge >= 0.3 is 6.03 Å². The first-order chi connectivity index (χ1) is 5.99. The van der Waals surface area contributed by atoms with E-state index in [1.54, 1.807) is 20.8 Å². The van der Waals surface area contributed by atoms with E-state index in [1.165, 1.54) is 6.21 Å². The molecule has 0 saturated carbocycles. The molecule has 0 aliphatic heterocycles. The fourth-order valence-corrected chi connectivity index (χ4v) is 0.775. The van der Waals surface area contributed by atoms with Crippen LogP contribution in [0.5, 0.6) is 0 Å². The first-order valence-electron chi connectivity index (χ1n) is 3.98. The van der Waals surface area contributed by atoms with Crippen molar-refractivity contribution in [3.63, 3.8) is 0 Å². The van der Waals surface area contributed by atoms with Gasteiger partial charge in [0, 0.05) is 6.21 Å². The van der Waals surface area contributed by atoms with Gasteiger partial charge in [0.1, 0.15) is 0 Å². The van der Waals surface area contributed by atoms with Crippen molar-refractivity contribution in [3.05, 3.63) is 12.2 Å². The van der Waals surface area contributed by atoms with Crippen LogP contribution in [0.25, 0.3) is 0 Å². The molecular formula is C9H14N2O2. The number of nitrogens with zero attached hydrogens (tertiary/aromatic N) is 1. The van der Waals surface area contributed by atoms with E-state index >= 15 is 0 Å². The summed E-state index contributed by atoms with van der Waals surface area (Å²) in [6, 6.07) is -1.07. The summed E-state index contributed by atoms with van der Waals surface area (Å²) >= 11 is 0. The Hall–Kier alpha value is -1.45. The normalized spacial score (nSPS) is 12.5. The number of rotatable bonds is 3. The van der Waals surface area contributed by atoms with Gasteiger partial charge in [-0.25, -0.2) is 9.79 Å². The number of carbonyl (C=O) groups is 2. The quantitative estimate of drug-likeness (QED) is 0.528. The monoisotopic (exact) mass is 182 g/mol. The van der Waals surface area contributed by atoms with Crippen LogP contribution in [0.2, 0.25) is 0 Å². The van der Waals surface area contributed by atoms with Crippen LogP contribution in [0, 0.1) is 0 Å². The smallest absolute Gasteiger partial charge is 0.326 e. The summed E-state index contributed by atoms with van der Waals surface area (Å²) in [7, 11) is 0.